The quantitative estimate of drug-likeness (QED) is 0.0194. The third kappa shape index (κ3) is 30.5. The molecule has 3 unspecified atom stereocenters. The zero-order valence-electron chi connectivity index (χ0n) is 41.0. The highest BCUT2D eigenvalue weighted by atomic mass is 32.1. The van der Waals surface area contributed by atoms with Crippen molar-refractivity contribution in [2.75, 3.05) is 78.9 Å². The van der Waals surface area contributed by atoms with Crippen LogP contribution in [-0.4, -0.2) is 149 Å². The van der Waals surface area contributed by atoms with E-state index < -0.39 is 41.8 Å². The van der Waals surface area contributed by atoms with Crippen molar-refractivity contribution in [3.05, 3.63) is 48.0 Å². The van der Waals surface area contributed by atoms with Crippen LogP contribution in [0.5, 0.6) is 0 Å². The molecule has 2 aromatic rings. The number of carbonyl (C=O) groups excluding carboxylic acids is 6. The first-order chi connectivity index (χ1) is 34.3. The summed E-state index contributed by atoms with van der Waals surface area (Å²) in [6, 6.07) is 11.1. The number of isothiocyanates is 1. The number of unbranched alkanes of at least 4 members (excludes halogenated alkanes) is 3. The predicted octanol–water partition coefficient (Wildman–Crippen LogP) is 1.36. The molecule has 0 aliphatic heterocycles. The number of amides is 6. The van der Waals surface area contributed by atoms with Crippen molar-refractivity contribution in [3.63, 3.8) is 0 Å². The molecule has 6 amide bonds. The number of fused-ring (bicyclic) bond motifs is 1. The highest BCUT2D eigenvalue weighted by Gasteiger charge is 2.27. The number of hydrogen-bond acceptors (Lipinski definition) is 13. The van der Waals surface area contributed by atoms with Crippen LogP contribution in [0.4, 0.5) is 0 Å². The molecule has 2 aromatic carbocycles. The summed E-state index contributed by atoms with van der Waals surface area (Å²) >= 11 is 9.97. The van der Waals surface area contributed by atoms with E-state index in [0.29, 0.717) is 70.0 Å². The number of nitrogens with zero attached hydrogens (tertiary/aromatic N) is 1. The van der Waals surface area contributed by atoms with Crippen molar-refractivity contribution >= 4 is 86.9 Å². The van der Waals surface area contributed by atoms with Crippen molar-refractivity contribution in [2.45, 2.75) is 109 Å². The largest absolute Gasteiger partial charge is 0.381 e. The molecule has 71 heavy (non-hydrogen) atoms. The van der Waals surface area contributed by atoms with Crippen LogP contribution in [0.15, 0.2) is 47.5 Å². The summed E-state index contributed by atoms with van der Waals surface area (Å²) in [5, 5.41) is 35.4. The molecule has 0 bridgehead atoms. The number of guanidine groups is 1. The van der Waals surface area contributed by atoms with Gasteiger partial charge in [0.2, 0.25) is 35.4 Å². The monoisotopic (exact) mass is 1030 g/mol. The zero-order chi connectivity index (χ0) is 51.9. The van der Waals surface area contributed by atoms with Gasteiger partial charge in [-0.2, -0.15) is 0 Å². The SMILES string of the molecule is CCOCCC(=O)NC(CCCCNC(=O)C(CCCNC(=N)N)NC(=O)C(CCCCNC(=S)NCCCCN=C=S)NC(=O)CCOCCOCCNC(=O)Cc1ccc2ccccc2c1)C(N)=O. The number of carbonyl (C=O) groups is 6. The van der Waals surface area contributed by atoms with Crippen molar-refractivity contribution in [1.29, 1.82) is 5.41 Å². The lowest BCUT2D eigenvalue weighted by Crippen LogP contribution is -2.54. The van der Waals surface area contributed by atoms with E-state index in [-0.39, 0.29) is 102 Å². The summed E-state index contributed by atoms with van der Waals surface area (Å²) in [6.45, 7) is 5.92. The van der Waals surface area contributed by atoms with Crippen molar-refractivity contribution in [3.8, 4) is 0 Å². The number of thiocarbonyl (C=S) groups is 2. The lowest BCUT2D eigenvalue weighted by atomic mass is 10.1. The van der Waals surface area contributed by atoms with Crippen LogP contribution in [0.25, 0.3) is 10.8 Å². The Balaban J connectivity index is 1.90. The van der Waals surface area contributed by atoms with Gasteiger partial charge in [-0.05, 0) is 112 Å². The molecule has 2 rings (SSSR count). The highest BCUT2D eigenvalue weighted by molar-refractivity contribution is 7.80. The number of benzene rings is 2. The molecule has 21 nitrogen and oxygen atoms in total. The van der Waals surface area contributed by atoms with Crippen LogP contribution >= 0.6 is 24.4 Å². The smallest absolute Gasteiger partial charge is 0.243 e. The molecule has 0 radical (unpaired) electrons. The van der Waals surface area contributed by atoms with Gasteiger partial charge in [0, 0.05) is 58.7 Å². The van der Waals surface area contributed by atoms with Crippen LogP contribution in [0.1, 0.15) is 89.5 Å². The number of nitrogens with two attached hydrogens (primary N) is 2. The minimum absolute atomic E-state index is 0.0395. The predicted molar refractivity (Wildman–Crippen MR) is 281 cm³/mol. The summed E-state index contributed by atoms with van der Waals surface area (Å²) in [7, 11) is 0. The summed E-state index contributed by atoms with van der Waals surface area (Å²) in [6.07, 6.45) is 5.16. The molecular formula is C48H76N12O9S2. The Kier molecular flexibility index (Phi) is 33.5. The van der Waals surface area contributed by atoms with E-state index in [2.05, 4.69) is 64.9 Å². The second-order valence-electron chi connectivity index (χ2n) is 16.5. The van der Waals surface area contributed by atoms with Crippen LogP contribution < -0.4 is 54.0 Å². The molecule has 23 heteroatoms. The lowest BCUT2D eigenvalue weighted by Gasteiger charge is -2.24. The Morgan fingerprint density at radius 2 is 1.20 bits per heavy atom. The number of rotatable bonds is 40. The fourth-order valence-electron chi connectivity index (χ4n) is 6.92. The molecule has 0 aromatic heterocycles. The van der Waals surface area contributed by atoms with E-state index in [1.54, 1.807) is 0 Å². The molecule has 0 aliphatic rings. The summed E-state index contributed by atoms with van der Waals surface area (Å²) in [5.41, 5.74) is 11.9. The Hall–Kier alpha value is -5.84. The Morgan fingerprint density at radius 3 is 1.86 bits per heavy atom. The number of ether oxygens (including phenoxy) is 3. The van der Waals surface area contributed by atoms with Gasteiger partial charge in [0.25, 0.3) is 0 Å². The molecule has 0 spiro atoms. The molecule has 13 N–H and O–H groups in total. The van der Waals surface area contributed by atoms with Gasteiger partial charge < -0.3 is 68.2 Å². The molecule has 0 aliphatic carbocycles. The fourth-order valence-corrected chi connectivity index (χ4v) is 7.22. The van der Waals surface area contributed by atoms with Gasteiger partial charge in [-0.15, -0.1) is 0 Å². The minimum atomic E-state index is -0.994. The Morgan fingerprint density at radius 1 is 0.620 bits per heavy atom. The first kappa shape index (κ1) is 61.3. The highest BCUT2D eigenvalue weighted by Crippen LogP contribution is 2.16. The van der Waals surface area contributed by atoms with E-state index >= 15 is 0 Å². The molecule has 0 saturated carbocycles. The molecule has 394 valence electrons. The van der Waals surface area contributed by atoms with E-state index in [4.69, 9.17) is 43.3 Å². The topological polar surface area (TPSA) is 315 Å². The maximum atomic E-state index is 13.9. The van der Waals surface area contributed by atoms with Gasteiger partial charge in [-0.3, -0.25) is 34.2 Å². The van der Waals surface area contributed by atoms with E-state index in [1.165, 1.54) is 0 Å². The summed E-state index contributed by atoms with van der Waals surface area (Å²) in [5.74, 6) is -2.80. The van der Waals surface area contributed by atoms with Crippen molar-refractivity contribution in [2.24, 2.45) is 16.5 Å². The maximum absolute atomic E-state index is 13.9. The normalized spacial score (nSPS) is 12.0. The first-order valence-corrected chi connectivity index (χ1v) is 25.2. The lowest BCUT2D eigenvalue weighted by molar-refractivity contribution is -0.132. The van der Waals surface area contributed by atoms with Gasteiger partial charge in [0.15, 0.2) is 11.1 Å². The second-order valence-corrected chi connectivity index (χ2v) is 17.1. The van der Waals surface area contributed by atoms with Gasteiger partial charge in [-0.25, -0.2) is 4.99 Å². The fraction of sp³-hybridized carbons (Fsp3) is 0.604. The zero-order valence-corrected chi connectivity index (χ0v) is 42.7. The molecule has 3 atom stereocenters. The third-order valence-electron chi connectivity index (χ3n) is 10.7. The van der Waals surface area contributed by atoms with Gasteiger partial charge in [0.1, 0.15) is 18.1 Å². The van der Waals surface area contributed by atoms with Crippen molar-refractivity contribution in [1.82, 2.24) is 42.5 Å². The van der Waals surface area contributed by atoms with Crippen LogP contribution in [0.3, 0.4) is 0 Å². The van der Waals surface area contributed by atoms with Gasteiger partial charge in [0.05, 0.1) is 44.6 Å². The number of aliphatic imine (C=N–C) groups is 1. The molecule has 0 heterocycles. The van der Waals surface area contributed by atoms with Crippen LogP contribution in [-0.2, 0) is 49.4 Å². The van der Waals surface area contributed by atoms with E-state index in [9.17, 15) is 28.8 Å². The average Bonchev–Trinajstić information content (AvgIpc) is 3.34. The second kappa shape index (κ2) is 38.9. The van der Waals surface area contributed by atoms with E-state index in [1.807, 2.05) is 49.4 Å². The van der Waals surface area contributed by atoms with Crippen molar-refractivity contribution < 1.29 is 43.0 Å². The molecular weight excluding hydrogens is 953 g/mol. The number of nitrogens with one attached hydrogen (secondary N) is 9. The van der Waals surface area contributed by atoms with Crippen LogP contribution in [0, 0.1) is 5.41 Å². The van der Waals surface area contributed by atoms with Gasteiger partial charge in [-0.1, -0.05) is 42.5 Å². The standard InChI is InChI=1S/C48H76N12O9S2/c1-2-67-27-19-41(61)58-38(44(49)64)14-5-7-22-54-45(65)39(16-11-25-55-47(50)51)60-46(66)40(15-6-8-23-56-48(71)57-24-10-9-21-52-34-70)59-42(62)20-28-68-30-31-69-29-26-53-43(63)33-35-17-18-36-12-3-4-13-37(36)32-35/h3-4,12-13,17-18,32,38-40H,2,5-11,14-16,19-31,33H2,1H3,(H2,49,64)(H,53,63)(H,54,65)(H,58,61)(H,59,62)(H,60,66)(H4,50,51,55)(H2,56,57,71). The first-order valence-electron chi connectivity index (χ1n) is 24.4. The summed E-state index contributed by atoms with van der Waals surface area (Å²) < 4.78 is 16.4. The molecule has 0 saturated heterocycles. The Bertz CT molecular complexity index is 2010. The minimum Gasteiger partial charge on any atom is -0.381 e. The van der Waals surface area contributed by atoms with Gasteiger partial charge >= 0.3 is 0 Å². The maximum Gasteiger partial charge on any atom is 0.243 e. The third-order valence-corrected chi connectivity index (χ3v) is 11.1. The van der Waals surface area contributed by atoms with Crippen LogP contribution in [0.2, 0.25) is 0 Å². The number of hydrogen-bond donors (Lipinski definition) is 11. The molecule has 0 fully saturated rings. The Labute approximate surface area is 428 Å². The average molecular weight is 1030 g/mol. The van der Waals surface area contributed by atoms with E-state index in [0.717, 1.165) is 29.2 Å². The summed E-state index contributed by atoms with van der Waals surface area (Å²) in [4.78, 5) is 81.1. The number of primary amides is 1.